The lowest BCUT2D eigenvalue weighted by molar-refractivity contribution is -0.145. The maximum Gasteiger partial charge on any atom is 0.326 e. The van der Waals surface area contributed by atoms with Crippen LogP contribution in [-0.4, -0.2) is 40.8 Å². The molecule has 0 spiro atoms. The summed E-state index contributed by atoms with van der Waals surface area (Å²) in [6, 6.07) is -2.06. The topological polar surface area (TPSA) is 116 Å². The fourth-order valence-corrected chi connectivity index (χ4v) is 1.86. The summed E-state index contributed by atoms with van der Waals surface area (Å²) in [5.74, 6) is -2.29. The van der Waals surface area contributed by atoms with Crippen molar-refractivity contribution in [3.8, 4) is 0 Å². The first-order valence-corrected chi connectivity index (χ1v) is 6.13. The number of hydrogen-bond acceptors (Lipinski definition) is 3. The third-order valence-corrected chi connectivity index (χ3v) is 2.91. The minimum Gasteiger partial charge on any atom is -0.481 e. The zero-order valence-corrected chi connectivity index (χ0v) is 10.5. The highest BCUT2D eigenvalue weighted by atomic mass is 16.4. The SMILES string of the molecule is O=C(O)CC(NC(=O)NCC1CC=CCC1)C(=O)O. The Hall–Kier alpha value is -2.05. The predicted molar refractivity (Wildman–Crippen MR) is 66.7 cm³/mol. The molecule has 0 fully saturated rings. The van der Waals surface area contributed by atoms with E-state index in [1.54, 1.807) is 0 Å². The van der Waals surface area contributed by atoms with E-state index in [-0.39, 0.29) is 0 Å². The number of nitrogens with one attached hydrogen (secondary N) is 2. The van der Waals surface area contributed by atoms with Crippen molar-refractivity contribution in [1.29, 1.82) is 0 Å². The average molecular weight is 270 g/mol. The molecule has 0 aromatic heterocycles. The quantitative estimate of drug-likeness (QED) is 0.527. The molecule has 7 nitrogen and oxygen atoms in total. The fourth-order valence-electron chi connectivity index (χ4n) is 1.86. The summed E-state index contributed by atoms with van der Waals surface area (Å²) >= 11 is 0. The van der Waals surface area contributed by atoms with Gasteiger partial charge in [-0.2, -0.15) is 0 Å². The molecule has 0 bridgehead atoms. The Morgan fingerprint density at radius 1 is 1.26 bits per heavy atom. The number of hydrogen-bond donors (Lipinski definition) is 4. The van der Waals surface area contributed by atoms with Crippen LogP contribution in [0.1, 0.15) is 25.7 Å². The van der Waals surface area contributed by atoms with E-state index >= 15 is 0 Å². The average Bonchev–Trinajstić information content (AvgIpc) is 2.36. The normalized spacial score (nSPS) is 19.5. The van der Waals surface area contributed by atoms with Crippen LogP contribution in [0, 0.1) is 5.92 Å². The zero-order valence-electron chi connectivity index (χ0n) is 10.5. The van der Waals surface area contributed by atoms with Crippen LogP contribution in [0.15, 0.2) is 12.2 Å². The number of carboxylic acids is 2. The van der Waals surface area contributed by atoms with E-state index in [9.17, 15) is 14.4 Å². The summed E-state index contributed by atoms with van der Waals surface area (Å²) < 4.78 is 0. The lowest BCUT2D eigenvalue weighted by Crippen LogP contribution is -2.47. The Balaban J connectivity index is 2.33. The second kappa shape index (κ2) is 7.40. The summed E-state index contributed by atoms with van der Waals surface area (Å²) in [6.45, 7) is 0.454. The molecule has 1 rings (SSSR count). The largest absolute Gasteiger partial charge is 0.481 e. The van der Waals surface area contributed by atoms with Gasteiger partial charge in [-0.3, -0.25) is 4.79 Å². The molecule has 0 aliphatic heterocycles. The summed E-state index contributed by atoms with van der Waals surface area (Å²) in [5, 5.41) is 22.0. The molecule has 2 amide bonds. The van der Waals surface area contributed by atoms with Gasteiger partial charge in [0.15, 0.2) is 0 Å². The first kappa shape index (κ1) is 15.0. The maximum absolute atomic E-state index is 11.5. The smallest absolute Gasteiger partial charge is 0.326 e. The van der Waals surface area contributed by atoms with Crippen LogP contribution in [0.25, 0.3) is 0 Å². The third-order valence-electron chi connectivity index (χ3n) is 2.91. The van der Waals surface area contributed by atoms with Crippen molar-refractivity contribution in [1.82, 2.24) is 10.6 Å². The first-order valence-electron chi connectivity index (χ1n) is 6.13. The van der Waals surface area contributed by atoms with Gasteiger partial charge in [0.25, 0.3) is 0 Å². The second-order valence-corrected chi connectivity index (χ2v) is 4.49. The van der Waals surface area contributed by atoms with Gasteiger partial charge < -0.3 is 20.8 Å². The molecule has 0 saturated heterocycles. The minimum atomic E-state index is -1.41. The van der Waals surface area contributed by atoms with Crippen molar-refractivity contribution in [2.24, 2.45) is 5.92 Å². The highest BCUT2D eigenvalue weighted by Crippen LogP contribution is 2.16. The predicted octanol–water partition coefficient (Wildman–Crippen LogP) is 0.570. The number of carbonyl (C=O) groups is 3. The molecule has 0 aromatic carbocycles. The van der Waals surface area contributed by atoms with E-state index in [2.05, 4.69) is 22.8 Å². The number of allylic oxidation sites excluding steroid dienone is 2. The van der Waals surface area contributed by atoms with Crippen molar-refractivity contribution in [3.05, 3.63) is 12.2 Å². The van der Waals surface area contributed by atoms with Crippen LogP contribution < -0.4 is 10.6 Å². The Morgan fingerprint density at radius 3 is 2.53 bits per heavy atom. The van der Waals surface area contributed by atoms with Gasteiger partial charge >= 0.3 is 18.0 Å². The molecule has 2 atom stereocenters. The second-order valence-electron chi connectivity index (χ2n) is 4.49. The van der Waals surface area contributed by atoms with Gasteiger partial charge in [0.05, 0.1) is 6.42 Å². The van der Waals surface area contributed by atoms with E-state index in [0.29, 0.717) is 12.5 Å². The van der Waals surface area contributed by atoms with Gasteiger partial charge in [0.2, 0.25) is 0 Å². The van der Waals surface area contributed by atoms with E-state index in [0.717, 1.165) is 19.3 Å². The maximum atomic E-state index is 11.5. The molecule has 2 unspecified atom stereocenters. The van der Waals surface area contributed by atoms with Crippen molar-refractivity contribution < 1.29 is 24.6 Å². The fraction of sp³-hybridized carbons (Fsp3) is 0.583. The van der Waals surface area contributed by atoms with Gasteiger partial charge in [-0.1, -0.05) is 12.2 Å². The van der Waals surface area contributed by atoms with E-state index in [1.165, 1.54) is 0 Å². The summed E-state index contributed by atoms with van der Waals surface area (Å²) in [6.07, 6.45) is 6.34. The summed E-state index contributed by atoms with van der Waals surface area (Å²) in [4.78, 5) is 32.7. The van der Waals surface area contributed by atoms with E-state index in [4.69, 9.17) is 10.2 Å². The van der Waals surface area contributed by atoms with Crippen LogP contribution in [0.2, 0.25) is 0 Å². The first-order chi connectivity index (χ1) is 8.99. The number of amides is 2. The molecule has 4 N–H and O–H groups in total. The molecule has 19 heavy (non-hydrogen) atoms. The van der Waals surface area contributed by atoms with Crippen molar-refractivity contribution >= 4 is 18.0 Å². The van der Waals surface area contributed by atoms with Crippen LogP contribution in [0.5, 0.6) is 0 Å². The number of urea groups is 1. The number of aliphatic carboxylic acids is 2. The lowest BCUT2D eigenvalue weighted by Gasteiger charge is -2.19. The molecule has 0 aromatic rings. The molecular formula is C12H18N2O5. The number of carboxylic acid groups (broad SMARTS) is 2. The van der Waals surface area contributed by atoms with E-state index < -0.39 is 30.4 Å². The molecule has 0 heterocycles. The van der Waals surface area contributed by atoms with Crippen molar-refractivity contribution in [2.45, 2.75) is 31.7 Å². The highest BCUT2D eigenvalue weighted by molar-refractivity contribution is 5.86. The van der Waals surface area contributed by atoms with Gasteiger partial charge in [-0.15, -0.1) is 0 Å². The van der Waals surface area contributed by atoms with Gasteiger partial charge in [0, 0.05) is 6.54 Å². The number of rotatable bonds is 6. The number of carbonyl (C=O) groups excluding carboxylic acids is 1. The summed E-state index contributed by atoms with van der Waals surface area (Å²) in [5.41, 5.74) is 0. The van der Waals surface area contributed by atoms with E-state index in [1.807, 2.05) is 0 Å². The molecular weight excluding hydrogens is 252 g/mol. The minimum absolute atomic E-state index is 0.346. The van der Waals surface area contributed by atoms with Crippen LogP contribution in [0.3, 0.4) is 0 Å². The Kier molecular flexibility index (Phi) is 5.84. The summed E-state index contributed by atoms with van der Waals surface area (Å²) in [7, 11) is 0. The standard InChI is InChI=1S/C12H18N2O5/c15-10(16)6-9(11(17)18)14-12(19)13-7-8-4-2-1-3-5-8/h1-2,8-9H,3-7H2,(H,15,16)(H,17,18)(H2,13,14,19). The van der Waals surface area contributed by atoms with Crippen LogP contribution >= 0.6 is 0 Å². The monoisotopic (exact) mass is 270 g/mol. The van der Waals surface area contributed by atoms with Crippen LogP contribution in [0.4, 0.5) is 4.79 Å². The molecule has 1 aliphatic rings. The lowest BCUT2D eigenvalue weighted by atomic mass is 9.94. The molecule has 7 heteroatoms. The molecule has 0 saturated carbocycles. The van der Waals surface area contributed by atoms with Gasteiger partial charge in [0.1, 0.15) is 6.04 Å². The van der Waals surface area contributed by atoms with Crippen molar-refractivity contribution in [2.75, 3.05) is 6.54 Å². The molecule has 1 aliphatic carbocycles. The van der Waals surface area contributed by atoms with Crippen LogP contribution in [-0.2, 0) is 9.59 Å². The van der Waals surface area contributed by atoms with Gasteiger partial charge in [-0.25, -0.2) is 9.59 Å². The Morgan fingerprint density at radius 2 is 2.00 bits per heavy atom. The third kappa shape index (κ3) is 5.89. The zero-order chi connectivity index (χ0) is 14.3. The Labute approximate surface area is 110 Å². The Bertz CT molecular complexity index is 380. The van der Waals surface area contributed by atoms with Gasteiger partial charge in [-0.05, 0) is 25.2 Å². The molecule has 0 radical (unpaired) electrons. The van der Waals surface area contributed by atoms with Crippen molar-refractivity contribution in [3.63, 3.8) is 0 Å². The highest BCUT2D eigenvalue weighted by Gasteiger charge is 2.23. The molecule has 106 valence electrons.